The summed E-state index contributed by atoms with van der Waals surface area (Å²) >= 11 is 0. The van der Waals surface area contributed by atoms with Gasteiger partial charge in [0.25, 0.3) is 0 Å². The third-order valence-corrected chi connectivity index (χ3v) is 3.36. The Labute approximate surface area is 109 Å². The van der Waals surface area contributed by atoms with E-state index in [0.29, 0.717) is 13.2 Å². The van der Waals surface area contributed by atoms with Gasteiger partial charge in [-0.3, -0.25) is 4.79 Å². The van der Waals surface area contributed by atoms with Crippen molar-refractivity contribution in [2.45, 2.75) is 46.1 Å². The summed E-state index contributed by atoms with van der Waals surface area (Å²) in [6.07, 6.45) is 2.30. The first-order valence-corrected chi connectivity index (χ1v) is 6.80. The first-order valence-electron chi connectivity index (χ1n) is 6.80. The lowest BCUT2D eigenvalue weighted by Gasteiger charge is -2.34. The fourth-order valence-corrected chi connectivity index (χ4v) is 2.12. The van der Waals surface area contributed by atoms with Gasteiger partial charge in [0, 0.05) is 25.0 Å². The molecule has 18 heavy (non-hydrogen) atoms. The third-order valence-electron chi connectivity index (χ3n) is 3.36. The van der Waals surface area contributed by atoms with Crippen molar-refractivity contribution in [3.63, 3.8) is 0 Å². The summed E-state index contributed by atoms with van der Waals surface area (Å²) in [6, 6.07) is 0.0193. The van der Waals surface area contributed by atoms with Crippen molar-refractivity contribution < 1.29 is 14.3 Å². The number of hydrogen-bond donors (Lipinski definition) is 1. The molecule has 1 aliphatic rings. The molecule has 1 rings (SSSR count). The summed E-state index contributed by atoms with van der Waals surface area (Å²) in [5, 5.41) is 2.81. The predicted octanol–water partition coefficient (Wildman–Crippen LogP) is 1.77. The van der Waals surface area contributed by atoms with Gasteiger partial charge in [-0.05, 0) is 26.2 Å². The molecule has 5 heteroatoms. The van der Waals surface area contributed by atoms with Crippen molar-refractivity contribution in [2.75, 3.05) is 19.7 Å². The highest BCUT2D eigenvalue weighted by Gasteiger charge is 2.26. The van der Waals surface area contributed by atoms with E-state index in [1.165, 1.54) is 0 Å². The molecule has 0 spiro atoms. The number of rotatable bonds is 4. The van der Waals surface area contributed by atoms with Crippen molar-refractivity contribution in [3.8, 4) is 0 Å². The second-order valence-corrected chi connectivity index (χ2v) is 4.80. The van der Waals surface area contributed by atoms with Gasteiger partial charge < -0.3 is 15.0 Å². The Bertz CT molecular complexity index is 294. The van der Waals surface area contributed by atoms with E-state index in [-0.39, 0.29) is 24.0 Å². The normalized spacial score (nSPS) is 21.3. The molecule has 5 nitrogen and oxygen atoms in total. The lowest BCUT2D eigenvalue weighted by atomic mass is 10.0. The van der Waals surface area contributed by atoms with Crippen molar-refractivity contribution in [1.82, 2.24) is 10.2 Å². The highest BCUT2D eigenvalue weighted by atomic mass is 16.5. The first-order chi connectivity index (χ1) is 8.58. The topological polar surface area (TPSA) is 58.6 Å². The molecule has 0 aromatic heterocycles. The van der Waals surface area contributed by atoms with Gasteiger partial charge in [0.15, 0.2) is 0 Å². The molecule has 1 heterocycles. The van der Waals surface area contributed by atoms with Gasteiger partial charge in [-0.25, -0.2) is 4.79 Å². The number of carbonyl (C=O) groups excluding carboxylic acids is 2. The molecule has 0 radical (unpaired) electrons. The van der Waals surface area contributed by atoms with E-state index in [1.54, 1.807) is 6.92 Å². The number of nitrogens with zero attached hydrogens (tertiary/aromatic N) is 1. The predicted molar refractivity (Wildman–Crippen MR) is 69.2 cm³/mol. The molecule has 0 aromatic rings. The summed E-state index contributed by atoms with van der Waals surface area (Å²) in [7, 11) is 0. The van der Waals surface area contributed by atoms with Crippen LogP contribution < -0.4 is 5.32 Å². The van der Waals surface area contributed by atoms with E-state index >= 15 is 0 Å². The molecule has 1 N–H and O–H groups in total. The Morgan fingerprint density at radius 2 is 2.17 bits per heavy atom. The number of likely N-dealkylation sites (tertiary alicyclic amines) is 1. The van der Waals surface area contributed by atoms with Crippen LogP contribution in [0.5, 0.6) is 0 Å². The van der Waals surface area contributed by atoms with Gasteiger partial charge in [-0.2, -0.15) is 0 Å². The van der Waals surface area contributed by atoms with Gasteiger partial charge in [0.05, 0.1) is 6.61 Å². The molecule has 104 valence electrons. The number of ether oxygens (including phenoxy) is 1. The minimum Gasteiger partial charge on any atom is -0.450 e. The zero-order valence-corrected chi connectivity index (χ0v) is 11.6. The highest BCUT2D eigenvalue weighted by Crippen LogP contribution is 2.14. The quantitative estimate of drug-likeness (QED) is 0.834. The Morgan fingerprint density at radius 1 is 1.44 bits per heavy atom. The first kappa shape index (κ1) is 14.8. The molecular weight excluding hydrogens is 232 g/mol. The second-order valence-electron chi connectivity index (χ2n) is 4.80. The molecule has 0 saturated carbocycles. The number of carbonyl (C=O) groups is 2. The fraction of sp³-hybridized carbons (Fsp3) is 0.846. The van der Waals surface area contributed by atoms with Crippen LogP contribution >= 0.6 is 0 Å². The average molecular weight is 256 g/mol. The zero-order valence-electron chi connectivity index (χ0n) is 11.6. The highest BCUT2D eigenvalue weighted by molar-refractivity contribution is 5.78. The molecule has 0 bridgehead atoms. The van der Waals surface area contributed by atoms with Crippen LogP contribution in [-0.4, -0.2) is 42.6 Å². The van der Waals surface area contributed by atoms with Crippen molar-refractivity contribution in [2.24, 2.45) is 5.92 Å². The number of amides is 2. The van der Waals surface area contributed by atoms with Gasteiger partial charge in [-0.1, -0.05) is 13.8 Å². The molecule has 0 aromatic carbocycles. The van der Waals surface area contributed by atoms with Crippen LogP contribution in [0.1, 0.15) is 40.0 Å². The lowest BCUT2D eigenvalue weighted by Crippen LogP contribution is -2.50. The Morgan fingerprint density at radius 3 is 2.78 bits per heavy atom. The largest absolute Gasteiger partial charge is 0.450 e. The van der Waals surface area contributed by atoms with E-state index < -0.39 is 0 Å². The number of nitrogens with one attached hydrogen (secondary N) is 1. The SMILES string of the molecule is CCOC(=O)N[C@H]1CCCN(C(=O)[C@@H](C)CC)C1. The number of hydrogen-bond acceptors (Lipinski definition) is 3. The maximum absolute atomic E-state index is 12.1. The maximum Gasteiger partial charge on any atom is 0.407 e. The summed E-state index contributed by atoms with van der Waals surface area (Å²) in [5.41, 5.74) is 0. The zero-order chi connectivity index (χ0) is 13.5. The Hall–Kier alpha value is -1.26. The Kier molecular flexibility index (Phi) is 5.95. The smallest absolute Gasteiger partial charge is 0.407 e. The van der Waals surface area contributed by atoms with Gasteiger partial charge in [-0.15, -0.1) is 0 Å². The van der Waals surface area contributed by atoms with Crippen molar-refractivity contribution in [3.05, 3.63) is 0 Å². The van der Waals surface area contributed by atoms with E-state index in [2.05, 4.69) is 5.32 Å². The van der Waals surface area contributed by atoms with Crippen molar-refractivity contribution >= 4 is 12.0 Å². The minimum atomic E-state index is -0.389. The van der Waals surface area contributed by atoms with Crippen LogP contribution in [0.3, 0.4) is 0 Å². The minimum absolute atomic E-state index is 0.0193. The number of alkyl carbamates (subject to hydrolysis) is 1. The molecule has 2 atom stereocenters. The molecular formula is C13H24N2O3. The summed E-state index contributed by atoms with van der Waals surface area (Å²) in [5.74, 6) is 0.249. The van der Waals surface area contributed by atoms with Gasteiger partial charge >= 0.3 is 6.09 Å². The standard InChI is InChI=1S/C13H24N2O3/c1-4-10(3)12(16)15-8-6-7-11(9-15)14-13(17)18-5-2/h10-11H,4-9H2,1-3H3,(H,14,17)/t10-,11-/m0/s1. The molecule has 2 amide bonds. The van der Waals surface area contributed by atoms with E-state index in [0.717, 1.165) is 25.8 Å². The van der Waals surface area contributed by atoms with Gasteiger partial charge in [0.1, 0.15) is 0 Å². The monoisotopic (exact) mass is 256 g/mol. The fourth-order valence-electron chi connectivity index (χ4n) is 2.12. The Balaban J connectivity index is 2.45. The van der Waals surface area contributed by atoms with Crippen molar-refractivity contribution in [1.29, 1.82) is 0 Å². The van der Waals surface area contributed by atoms with Crippen LogP contribution in [0.2, 0.25) is 0 Å². The van der Waals surface area contributed by atoms with E-state index in [9.17, 15) is 9.59 Å². The molecule has 0 unspecified atom stereocenters. The molecule has 0 aliphatic carbocycles. The van der Waals surface area contributed by atoms with Crippen LogP contribution in [0.25, 0.3) is 0 Å². The summed E-state index contributed by atoms with van der Waals surface area (Å²) < 4.78 is 4.86. The number of piperidine rings is 1. The summed E-state index contributed by atoms with van der Waals surface area (Å²) in [4.78, 5) is 25.3. The molecule has 1 fully saturated rings. The van der Waals surface area contributed by atoms with Crippen LogP contribution in [-0.2, 0) is 9.53 Å². The average Bonchev–Trinajstić information content (AvgIpc) is 2.37. The third kappa shape index (κ3) is 4.20. The second kappa shape index (κ2) is 7.24. The van der Waals surface area contributed by atoms with E-state index in [1.807, 2.05) is 18.7 Å². The molecule has 1 saturated heterocycles. The molecule has 1 aliphatic heterocycles. The van der Waals surface area contributed by atoms with Crippen LogP contribution in [0.4, 0.5) is 4.79 Å². The summed E-state index contributed by atoms with van der Waals surface area (Å²) in [6.45, 7) is 7.50. The van der Waals surface area contributed by atoms with Crippen LogP contribution in [0, 0.1) is 5.92 Å². The van der Waals surface area contributed by atoms with E-state index in [4.69, 9.17) is 4.74 Å². The van der Waals surface area contributed by atoms with Gasteiger partial charge in [0.2, 0.25) is 5.91 Å². The lowest BCUT2D eigenvalue weighted by molar-refractivity contribution is -0.136. The van der Waals surface area contributed by atoms with Crippen LogP contribution in [0.15, 0.2) is 0 Å². The maximum atomic E-state index is 12.1.